The van der Waals surface area contributed by atoms with Gasteiger partial charge in [-0.2, -0.15) is 0 Å². The topological polar surface area (TPSA) is 55.8 Å². The highest BCUT2D eigenvalue weighted by atomic mass is 19.4. The molecule has 4 nitrogen and oxygen atoms in total. The lowest BCUT2D eigenvalue weighted by Crippen LogP contribution is -2.16. The Morgan fingerprint density at radius 2 is 1.70 bits per heavy atom. The van der Waals surface area contributed by atoms with Gasteiger partial charge in [0.25, 0.3) is 0 Å². The third kappa shape index (κ3) is 4.38. The van der Waals surface area contributed by atoms with Crippen molar-refractivity contribution in [1.29, 1.82) is 0 Å². The highest BCUT2D eigenvalue weighted by Gasteiger charge is 2.30. The molecular weight excluding hydrogens is 313 g/mol. The summed E-state index contributed by atoms with van der Waals surface area (Å²) in [6, 6.07) is 9.73. The Morgan fingerprint density at radius 1 is 1.09 bits per heavy atom. The van der Waals surface area contributed by atoms with Gasteiger partial charge in [-0.3, -0.25) is 0 Å². The Morgan fingerprint density at radius 3 is 2.22 bits per heavy atom. The van der Waals surface area contributed by atoms with E-state index >= 15 is 0 Å². The van der Waals surface area contributed by atoms with Crippen molar-refractivity contribution in [1.82, 2.24) is 0 Å². The lowest BCUT2D eigenvalue weighted by molar-refractivity contribution is -0.274. The van der Waals surface area contributed by atoms with Crippen LogP contribution in [0.5, 0.6) is 11.5 Å². The highest BCUT2D eigenvalue weighted by Crippen LogP contribution is 2.29. The summed E-state index contributed by atoms with van der Waals surface area (Å²) in [5.74, 6) is -1.25. The van der Waals surface area contributed by atoms with Crippen LogP contribution in [0.15, 0.2) is 42.5 Å². The average Bonchev–Trinajstić information content (AvgIpc) is 2.47. The van der Waals surface area contributed by atoms with E-state index < -0.39 is 12.3 Å². The number of hydrogen-bond donors (Lipinski definition) is 1. The zero-order chi connectivity index (χ0) is 17.0. The summed E-state index contributed by atoms with van der Waals surface area (Å²) in [5.41, 5.74) is 1.09. The van der Waals surface area contributed by atoms with Gasteiger partial charge in [0.15, 0.2) is 0 Å². The zero-order valence-electron chi connectivity index (χ0n) is 12.1. The molecule has 7 heteroatoms. The molecule has 0 bridgehead atoms. The molecule has 122 valence electrons. The zero-order valence-corrected chi connectivity index (χ0v) is 12.1. The van der Waals surface area contributed by atoms with E-state index in [1.807, 2.05) is 0 Å². The lowest BCUT2D eigenvalue weighted by atomic mass is 10.0. The van der Waals surface area contributed by atoms with Crippen molar-refractivity contribution >= 4 is 5.97 Å². The average molecular weight is 326 g/mol. The first-order valence-corrected chi connectivity index (χ1v) is 6.66. The number of aromatic carboxylic acids is 1. The van der Waals surface area contributed by atoms with Crippen LogP contribution in [0, 0.1) is 0 Å². The lowest BCUT2D eigenvalue weighted by Gasteiger charge is -2.11. The second kappa shape index (κ2) is 6.60. The number of carboxylic acids is 1. The van der Waals surface area contributed by atoms with Crippen LogP contribution in [0.1, 0.15) is 17.3 Å². The third-order valence-corrected chi connectivity index (χ3v) is 2.93. The molecule has 0 atom stereocenters. The van der Waals surface area contributed by atoms with Crippen LogP contribution >= 0.6 is 0 Å². The number of alkyl halides is 3. The molecule has 0 heterocycles. The van der Waals surface area contributed by atoms with E-state index in [2.05, 4.69) is 4.74 Å². The van der Waals surface area contributed by atoms with Crippen LogP contribution in [0.25, 0.3) is 11.1 Å². The van der Waals surface area contributed by atoms with Gasteiger partial charge in [-0.1, -0.05) is 18.2 Å². The molecule has 2 aromatic rings. The van der Waals surface area contributed by atoms with Crippen LogP contribution in [0.4, 0.5) is 13.2 Å². The van der Waals surface area contributed by atoms with Gasteiger partial charge in [0.1, 0.15) is 17.1 Å². The van der Waals surface area contributed by atoms with Crippen molar-refractivity contribution in [3.05, 3.63) is 48.0 Å². The Labute approximate surface area is 130 Å². The number of ether oxygens (including phenoxy) is 2. The van der Waals surface area contributed by atoms with Gasteiger partial charge in [0.2, 0.25) is 0 Å². The summed E-state index contributed by atoms with van der Waals surface area (Å²) in [6.45, 7) is 2.06. The van der Waals surface area contributed by atoms with Crippen LogP contribution < -0.4 is 9.47 Å². The van der Waals surface area contributed by atoms with Gasteiger partial charge in [-0.05, 0) is 42.3 Å². The molecule has 0 fully saturated rings. The summed E-state index contributed by atoms with van der Waals surface area (Å²) in [4.78, 5) is 11.3. The van der Waals surface area contributed by atoms with Crippen molar-refractivity contribution in [2.24, 2.45) is 0 Å². The van der Waals surface area contributed by atoms with Gasteiger partial charge in [-0.25, -0.2) is 4.79 Å². The smallest absolute Gasteiger partial charge is 0.493 e. The molecule has 23 heavy (non-hydrogen) atoms. The summed E-state index contributed by atoms with van der Waals surface area (Å²) in [5, 5.41) is 9.21. The Hall–Kier alpha value is -2.70. The van der Waals surface area contributed by atoms with Crippen molar-refractivity contribution < 1.29 is 32.5 Å². The largest absolute Gasteiger partial charge is 0.573 e. The van der Waals surface area contributed by atoms with Crippen molar-refractivity contribution in [3.63, 3.8) is 0 Å². The number of carboxylic acid groups (broad SMARTS) is 1. The predicted octanol–water partition coefficient (Wildman–Crippen LogP) is 4.35. The van der Waals surface area contributed by atoms with Crippen molar-refractivity contribution in [2.45, 2.75) is 13.3 Å². The van der Waals surface area contributed by atoms with Gasteiger partial charge in [0.05, 0.1) is 6.61 Å². The summed E-state index contributed by atoms with van der Waals surface area (Å²) < 4.78 is 45.4. The van der Waals surface area contributed by atoms with E-state index in [-0.39, 0.29) is 17.1 Å². The summed E-state index contributed by atoms with van der Waals surface area (Å²) in [7, 11) is 0. The van der Waals surface area contributed by atoms with Crippen LogP contribution in [-0.2, 0) is 0 Å². The first kappa shape index (κ1) is 16.7. The molecule has 0 saturated carbocycles. The molecule has 0 radical (unpaired) electrons. The quantitative estimate of drug-likeness (QED) is 0.887. The number of rotatable bonds is 5. The highest BCUT2D eigenvalue weighted by molar-refractivity contribution is 5.92. The Kier molecular flexibility index (Phi) is 4.78. The molecule has 0 unspecified atom stereocenters. The molecule has 0 aliphatic rings. The maximum atomic E-state index is 12.1. The molecule has 1 N–H and O–H groups in total. The first-order chi connectivity index (χ1) is 10.8. The molecule has 0 aliphatic carbocycles. The number of halogens is 3. The number of hydrogen-bond acceptors (Lipinski definition) is 3. The molecule has 0 saturated heterocycles. The molecule has 0 spiro atoms. The minimum absolute atomic E-state index is 0.0139. The number of carbonyl (C=O) groups is 1. The standard InChI is InChI=1S/C16H13F3O4/c1-2-22-14-8-5-11(9-13(14)15(20)21)10-3-6-12(7-4-10)23-16(17,18)19/h3-9H,2H2,1H3,(H,20,21). The van der Waals surface area contributed by atoms with Gasteiger partial charge >= 0.3 is 12.3 Å². The Bertz CT molecular complexity index is 693. The summed E-state index contributed by atoms with van der Waals surface area (Å²) >= 11 is 0. The van der Waals surface area contributed by atoms with Crippen molar-refractivity contribution in [3.8, 4) is 22.6 Å². The van der Waals surface area contributed by atoms with Crippen LogP contribution in [-0.4, -0.2) is 24.0 Å². The minimum Gasteiger partial charge on any atom is -0.493 e. The fourth-order valence-electron chi connectivity index (χ4n) is 2.01. The minimum atomic E-state index is -4.75. The van der Waals surface area contributed by atoms with Gasteiger partial charge < -0.3 is 14.6 Å². The van der Waals surface area contributed by atoms with Crippen LogP contribution in [0.3, 0.4) is 0 Å². The number of benzene rings is 2. The van der Waals surface area contributed by atoms with Crippen LogP contribution in [0.2, 0.25) is 0 Å². The predicted molar refractivity (Wildman–Crippen MR) is 76.7 cm³/mol. The molecule has 0 aromatic heterocycles. The second-order valence-electron chi connectivity index (χ2n) is 4.52. The van der Waals surface area contributed by atoms with Crippen molar-refractivity contribution in [2.75, 3.05) is 6.61 Å². The molecule has 2 rings (SSSR count). The maximum Gasteiger partial charge on any atom is 0.573 e. The van der Waals surface area contributed by atoms with E-state index in [0.717, 1.165) is 0 Å². The van der Waals surface area contributed by atoms with Gasteiger partial charge in [0, 0.05) is 0 Å². The molecular formula is C16H13F3O4. The van der Waals surface area contributed by atoms with E-state index in [1.54, 1.807) is 13.0 Å². The molecule has 0 aliphatic heterocycles. The SMILES string of the molecule is CCOc1ccc(-c2ccc(OC(F)(F)F)cc2)cc1C(=O)O. The first-order valence-electron chi connectivity index (χ1n) is 6.66. The van der Waals surface area contributed by atoms with E-state index in [4.69, 9.17) is 4.74 Å². The molecule has 0 amide bonds. The fourth-order valence-corrected chi connectivity index (χ4v) is 2.01. The van der Waals surface area contributed by atoms with E-state index in [0.29, 0.717) is 17.7 Å². The monoisotopic (exact) mass is 326 g/mol. The fraction of sp³-hybridized carbons (Fsp3) is 0.188. The van der Waals surface area contributed by atoms with E-state index in [1.165, 1.54) is 36.4 Å². The molecule has 2 aromatic carbocycles. The summed E-state index contributed by atoms with van der Waals surface area (Å²) in [6.07, 6.45) is -4.75. The Balaban J connectivity index is 2.31. The normalized spacial score (nSPS) is 11.1. The maximum absolute atomic E-state index is 12.1. The van der Waals surface area contributed by atoms with E-state index in [9.17, 15) is 23.1 Å². The second-order valence-corrected chi connectivity index (χ2v) is 4.52. The third-order valence-electron chi connectivity index (χ3n) is 2.93. The van der Waals surface area contributed by atoms with Gasteiger partial charge in [-0.15, -0.1) is 13.2 Å².